The van der Waals surface area contributed by atoms with Crippen LogP contribution in [0.3, 0.4) is 0 Å². The molecule has 0 heterocycles. The third-order valence-electron chi connectivity index (χ3n) is 3.05. The molecule has 0 fully saturated rings. The lowest BCUT2D eigenvalue weighted by atomic mass is 10.3. The maximum absolute atomic E-state index is 12.5. The van der Waals surface area contributed by atoms with Crippen LogP contribution in [0.2, 0.25) is 0 Å². The van der Waals surface area contributed by atoms with E-state index in [9.17, 15) is 18.0 Å². The molecular weight excluding hydrogens is 338 g/mol. The van der Waals surface area contributed by atoms with Gasteiger partial charge in [0, 0.05) is 6.54 Å². The van der Waals surface area contributed by atoms with Crippen LogP contribution in [0.4, 0.5) is 0 Å². The SMILES string of the molecule is CCCN(CC(=O)O)S(=O)(=O)c1ccc(OCCC(=O)OC)cc1. The van der Waals surface area contributed by atoms with E-state index in [-0.39, 0.29) is 24.5 Å². The zero-order valence-electron chi connectivity index (χ0n) is 13.6. The van der Waals surface area contributed by atoms with Crippen LogP contribution in [-0.4, -0.2) is 56.6 Å². The summed E-state index contributed by atoms with van der Waals surface area (Å²) in [4.78, 5) is 21.8. The average molecular weight is 359 g/mol. The molecule has 8 nitrogen and oxygen atoms in total. The molecule has 0 aliphatic heterocycles. The predicted molar refractivity (Wildman–Crippen MR) is 85.3 cm³/mol. The molecule has 0 amide bonds. The summed E-state index contributed by atoms with van der Waals surface area (Å²) in [6.07, 6.45) is 0.584. The first kappa shape index (κ1) is 19.9. The Labute approximate surface area is 141 Å². The van der Waals surface area contributed by atoms with Crippen molar-refractivity contribution in [2.45, 2.75) is 24.7 Å². The molecular formula is C15H21NO7S. The van der Waals surface area contributed by atoms with E-state index in [4.69, 9.17) is 9.84 Å². The largest absolute Gasteiger partial charge is 0.493 e. The lowest BCUT2D eigenvalue weighted by Gasteiger charge is -2.19. The third kappa shape index (κ3) is 5.82. The van der Waals surface area contributed by atoms with Crippen LogP contribution < -0.4 is 4.74 Å². The molecule has 1 aromatic rings. The number of benzene rings is 1. The van der Waals surface area contributed by atoms with Crippen LogP contribution >= 0.6 is 0 Å². The van der Waals surface area contributed by atoms with E-state index in [0.717, 1.165) is 4.31 Å². The summed E-state index contributed by atoms with van der Waals surface area (Å²) in [6, 6.07) is 5.59. The Morgan fingerprint density at radius 3 is 2.33 bits per heavy atom. The van der Waals surface area contributed by atoms with Crippen molar-refractivity contribution in [2.24, 2.45) is 0 Å². The maximum atomic E-state index is 12.5. The molecule has 0 saturated heterocycles. The van der Waals surface area contributed by atoms with Gasteiger partial charge in [-0.25, -0.2) is 8.42 Å². The molecule has 0 bridgehead atoms. The molecule has 134 valence electrons. The summed E-state index contributed by atoms with van der Waals surface area (Å²) in [5.41, 5.74) is 0. The summed E-state index contributed by atoms with van der Waals surface area (Å²) in [7, 11) is -2.61. The number of carbonyl (C=O) groups excluding carboxylic acids is 1. The van der Waals surface area contributed by atoms with Gasteiger partial charge >= 0.3 is 11.9 Å². The van der Waals surface area contributed by atoms with Crippen molar-refractivity contribution in [1.82, 2.24) is 4.31 Å². The number of carbonyl (C=O) groups is 2. The van der Waals surface area contributed by atoms with Crippen LogP contribution in [0.25, 0.3) is 0 Å². The van der Waals surface area contributed by atoms with Crippen LogP contribution in [-0.2, 0) is 24.3 Å². The summed E-state index contributed by atoms with van der Waals surface area (Å²) in [5.74, 6) is -1.22. The van der Waals surface area contributed by atoms with E-state index >= 15 is 0 Å². The molecule has 0 aromatic heterocycles. The summed E-state index contributed by atoms with van der Waals surface area (Å²) < 4.78 is 35.7. The molecule has 1 aromatic carbocycles. The van der Waals surface area contributed by atoms with Crippen molar-refractivity contribution >= 4 is 22.0 Å². The van der Waals surface area contributed by atoms with Crippen molar-refractivity contribution in [3.05, 3.63) is 24.3 Å². The third-order valence-corrected chi connectivity index (χ3v) is 4.91. The Balaban J connectivity index is 2.81. The van der Waals surface area contributed by atoms with Crippen LogP contribution in [0, 0.1) is 0 Å². The van der Waals surface area contributed by atoms with Crippen LogP contribution in [0.5, 0.6) is 5.75 Å². The van der Waals surface area contributed by atoms with E-state index in [2.05, 4.69) is 4.74 Å². The van der Waals surface area contributed by atoms with Crippen molar-refractivity contribution < 1.29 is 32.6 Å². The van der Waals surface area contributed by atoms with Gasteiger partial charge in [-0.15, -0.1) is 0 Å². The number of nitrogens with zero attached hydrogens (tertiary/aromatic N) is 1. The molecule has 0 saturated carbocycles. The molecule has 0 radical (unpaired) electrons. The molecule has 24 heavy (non-hydrogen) atoms. The minimum atomic E-state index is -3.89. The monoisotopic (exact) mass is 359 g/mol. The first-order valence-corrected chi connectivity index (χ1v) is 8.77. The van der Waals surface area contributed by atoms with Gasteiger partial charge < -0.3 is 14.6 Å². The average Bonchev–Trinajstić information content (AvgIpc) is 2.54. The molecule has 0 atom stereocenters. The second kappa shape index (κ2) is 9.24. The number of carboxylic acids is 1. The number of aliphatic carboxylic acids is 1. The van der Waals surface area contributed by atoms with Gasteiger partial charge in [0.1, 0.15) is 12.3 Å². The normalized spacial score (nSPS) is 11.3. The Kier molecular flexibility index (Phi) is 7.66. The zero-order chi connectivity index (χ0) is 18.2. The number of ether oxygens (including phenoxy) is 2. The highest BCUT2D eigenvalue weighted by Crippen LogP contribution is 2.20. The predicted octanol–water partition coefficient (Wildman–Crippen LogP) is 1.11. The highest BCUT2D eigenvalue weighted by molar-refractivity contribution is 7.89. The van der Waals surface area contributed by atoms with Gasteiger partial charge in [-0.05, 0) is 30.7 Å². The molecule has 0 aliphatic rings. The second-order valence-electron chi connectivity index (χ2n) is 4.88. The van der Waals surface area contributed by atoms with E-state index in [1.54, 1.807) is 6.92 Å². The minimum Gasteiger partial charge on any atom is -0.493 e. The topological polar surface area (TPSA) is 110 Å². The van der Waals surface area contributed by atoms with E-state index in [1.165, 1.54) is 31.4 Å². The molecule has 9 heteroatoms. The van der Waals surface area contributed by atoms with Gasteiger partial charge in [-0.2, -0.15) is 4.31 Å². The Morgan fingerprint density at radius 2 is 1.83 bits per heavy atom. The Bertz CT molecular complexity index is 655. The number of rotatable bonds is 10. The number of hydrogen-bond acceptors (Lipinski definition) is 6. The molecule has 0 unspecified atom stereocenters. The molecule has 1 N–H and O–H groups in total. The Hall–Kier alpha value is -2.13. The lowest BCUT2D eigenvalue weighted by molar-refractivity contribution is -0.141. The van der Waals surface area contributed by atoms with Crippen molar-refractivity contribution in [2.75, 3.05) is 26.8 Å². The summed E-state index contributed by atoms with van der Waals surface area (Å²) >= 11 is 0. The zero-order valence-corrected chi connectivity index (χ0v) is 14.4. The first-order chi connectivity index (χ1) is 11.3. The smallest absolute Gasteiger partial charge is 0.318 e. The number of hydrogen-bond donors (Lipinski definition) is 1. The number of carboxylic acid groups (broad SMARTS) is 1. The standard InChI is InChI=1S/C15H21NO7S/c1-3-9-16(11-14(17)18)24(20,21)13-6-4-12(5-7-13)23-10-8-15(19)22-2/h4-7H,3,8-11H2,1-2H3,(H,17,18). The first-order valence-electron chi connectivity index (χ1n) is 7.33. The van der Waals surface area contributed by atoms with Crippen molar-refractivity contribution in [3.8, 4) is 5.75 Å². The quantitative estimate of drug-likeness (QED) is 0.623. The van der Waals surface area contributed by atoms with E-state index < -0.39 is 28.5 Å². The van der Waals surface area contributed by atoms with Gasteiger partial charge in [-0.1, -0.05) is 6.92 Å². The Morgan fingerprint density at radius 1 is 1.21 bits per heavy atom. The van der Waals surface area contributed by atoms with E-state index in [1.807, 2.05) is 0 Å². The number of sulfonamides is 1. The maximum Gasteiger partial charge on any atom is 0.318 e. The molecule has 1 rings (SSSR count). The second-order valence-corrected chi connectivity index (χ2v) is 6.82. The molecule has 0 spiro atoms. The van der Waals surface area contributed by atoms with Crippen molar-refractivity contribution in [3.63, 3.8) is 0 Å². The number of esters is 1. The fourth-order valence-corrected chi connectivity index (χ4v) is 3.38. The lowest BCUT2D eigenvalue weighted by Crippen LogP contribution is -2.36. The van der Waals surface area contributed by atoms with Gasteiger partial charge in [-0.3, -0.25) is 9.59 Å². The fourth-order valence-electron chi connectivity index (χ4n) is 1.90. The number of methoxy groups -OCH3 is 1. The van der Waals surface area contributed by atoms with Crippen molar-refractivity contribution in [1.29, 1.82) is 0 Å². The molecule has 0 aliphatic carbocycles. The van der Waals surface area contributed by atoms with E-state index in [0.29, 0.717) is 12.2 Å². The highest BCUT2D eigenvalue weighted by atomic mass is 32.2. The minimum absolute atomic E-state index is 0.0162. The van der Waals surface area contributed by atoms with Gasteiger partial charge in [0.15, 0.2) is 0 Å². The van der Waals surface area contributed by atoms with Gasteiger partial charge in [0.05, 0.1) is 25.0 Å². The summed E-state index contributed by atoms with van der Waals surface area (Å²) in [5, 5.41) is 8.86. The summed E-state index contributed by atoms with van der Waals surface area (Å²) in [6.45, 7) is 1.40. The van der Waals surface area contributed by atoms with Crippen LogP contribution in [0.15, 0.2) is 29.2 Å². The van der Waals surface area contributed by atoms with Crippen LogP contribution in [0.1, 0.15) is 19.8 Å². The highest BCUT2D eigenvalue weighted by Gasteiger charge is 2.25. The van der Waals surface area contributed by atoms with Gasteiger partial charge in [0.25, 0.3) is 0 Å². The van der Waals surface area contributed by atoms with Gasteiger partial charge in [0.2, 0.25) is 10.0 Å². The fraction of sp³-hybridized carbons (Fsp3) is 0.467.